The highest BCUT2D eigenvalue weighted by Gasteiger charge is 2.21. The molecule has 222 valence electrons. The molecule has 0 saturated heterocycles. The summed E-state index contributed by atoms with van der Waals surface area (Å²) in [6.07, 6.45) is 3.43. The maximum absolute atomic E-state index is 14.8. The van der Waals surface area contributed by atoms with E-state index in [0.717, 1.165) is 34.4 Å². The van der Waals surface area contributed by atoms with Crippen LogP contribution >= 0.6 is 22.7 Å². The third kappa shape index (κ3) is 6.94. The van der Waals surface area contributed by atoms with E-state index in [-0.39, 0.29) is 40.1 Å². The summed E-state index contributed by atoms with van der Waals surface area (Å²) >= 11 is 2.19. The number of urea groups is 1. The van der Waals surface area contributed by atoms with Gasteiger partial charge in [0.15, 0.2) is 5.13 Å². The first-order valence-corrected chi connectivity index (χ1v) is 14.3. The number of ether oxygens (including phenoxy) is 1. The number of aromatic amines is 1. The van der Waals surface area contributed by atoms with Crippen LogP contribution in [0.3, 0.4) is 0 Å². The van der Waals surface area contributed by atoms with Gasteiger partial charge in [-0.15, -0.1) is 11.3 Å². The lowest BCUT2D eigenvalue weighted by Gasteiger charge is -2.15. The van der Waals surface area contributed by atoms with Gasteiger partial charge in [-0.2, -0.15) is 0 Å². The van der Waals surface area contributed by atoms with E-state index in [9.17, 15) is 23.5 Å². The summed E-state index contributed by atoms with van der Waals surface area (Å²) in [5.41, 5.74) is 6.95. The Morgan fingerprint density at radius 1 is 1.16 bits per heavy atom. The van der Waals surface area contributed by atoms with Gasteiger partial charge >= 0.3 is 6.03 Å². The smallest absolute Gasteiger partial charge is 0.321 e. The highest BCUT2D eigenvalue weighted by molar-refractivity contribution is 7.23. The monoisotopic (exact) mass is 626 g/mol. The fourth-order valence-electron chi connectivity index (χ4n) is 3.98. The van der Waals surface area contributed by atoms with Crippen LogP contribution in [0.5, 0.6) is 5.75 Å². The summed E-state index contributed by atoms with van der Waals surface area (Å²) in [5, 5.41) is 19.4. The van der Waals surface area contributed by atoms with Gasteiger partial charge in [0.2, 0.25) is 0 Å². The van der Waals surface area contributed by atoms with Gasteiger partial charge in [-0.05, 0) is 24.3 Å². The van der Waals surface area contributed by atoms with Gasteiger partial charge in [-0.3, -0.25) is 10.1 Å². The molecule has 0 spiro atoms. The summed E-state index contributed by atoms with van der Waals surface area (Å²) in [7, 11) is 1.46. The number of nitrogen functional groups attached to an aromatic ring is 1. The third-order valence-electron chi connectivity index (χ3n) is 6.06. The SMILES string of the molecule is COc1cccc(C(=O)Nc2cc(-c3csc(-c4sc(NC(=O)NC(CO)Cc5cnc[nH]5)nc4N)n3)c(F)cc2F)c1. The fourth-order valence-corrected chi connectivity index (χ4v) is 5.78. The molecule has 0 radical (unpaired) electrons. The third-order valence-corrected chi connectivity index (χ3v) is 8.04. The number of thiazole rings is 2. The van der Waals surface area contributed by atoms with Gasteiger partial charge in [0.25, 0.3) is 5.91 Å². The van der Waals surface area contributed by atoms with E-state index < -0.39 is 29.6 Å². The Bertz CT molecular complexity index is 1760. The van der Waals surface area contributed by atoms with Crippen LogP contribution in [0.25, 0.3) is 21.1 Å². The summed E-state index contributed by atoms with van der Waals surface area (Å²) < 4.78 is 34.6. The van der Waals surface area contributed by atoms with Crippen molar-refractivity contribution in [3.63, 3.8) is 0 Å². The highest BCUT2D eigenvalue weighted by atomic mass is 32.1. The topological polar surface area (TPSA) is 180 Å². The summed E-state index contributed by atoms with van der Waals surface area (Å²) in [6, 6.07) is 6.95. The Kier molecular flexibility index (Phi) is 8.89. The van der Waals surface area contributed by atoms with Crippen LogP contribution in [0.4, 0.5) is 30.2 Å². The number of nitrogens with zero attached hydrogens (tertiary/aromatic N) is 3. The largest absolute Gasteiger partial charge is 0.497 e. The van der Waals surface area contributed by atoms with Gasteiger partial charge < -0.3 is 31.2 Å². The van der Waals surface area contributed by atoms with Crippen molar-refractivity contribution < 1.29 is 28.2 Å². The fraction of sp³-hybridized carbons (Fsp3) is 0.148. The first-order chi connectivity index (χ1) is 20.7. The Morgan fingerprint density at radius 2 is 2.00 bits per heavy atom. The molecule has 5 aromatic rings. The van der Waals surface area contributed by atoms with Gasteiger partial charge in [0.1, 0.15) is 33.1 Å². The Hall–Kier alpha value is -4.93. The molecule has 0 saturated carbocycles. The Labute approximate surface area is 251 Å². The number of hydrogen-bond acceptors (Lipinski definition) is 10. The van der Waals surface area contributed by atoms with Crippen LogP contribution in [-0.4, -0.2) is 56.7 Å². The van der Waals surface area contributed by atoms with Crippen LogP contribution in [0.15, 0.2) is 54.3 Å². The number of amides is 3. The molecule has 43 heavy (non-hydrogen) atoms. The van der Waals surface area contributed by atoms with Crippen molar-refractivity contribution in [2.24, 2.45) is 0 Å². The number of aliphatic hydroxyl groups is 1. The van der Waals surface area contributed by atoms with Gasteiger partial charge in [0, 0.05) is 40.9 Å². The first kappa shape index (κ1) is 29.6. The number of nitrogens with two attached hydrogens (primary N) is 1. The zero-order valence-corrected chi connectivity index (χ0v) is 24.0. The van der Waals surface area contributed by atoms with Gasteiger partial charge in [-0.25, -0.2) is 28.5 Å². The van der Waals surface area contributed by atoms with E-state index in [1.54, 1.807) is 23.7 Å². The minimum atomic E-state index is -0.957. The second-order valence-corrected chi connectivity index (χ2v) is 10.9. The lowest BCUT2D eigenvalue weighted by molar-refractivity contribution is 0.102. The Morgan fingerprint density at radius 3 is 2.74 bits per heavy atom. The number of rotatable bonds is 10. The molecule has 3 heterocycles. The maximum atomic E-state index is 14.8. The minimum Gasteiger partial charge on any atom is -0.497 e. The molecule has 1 unspecified atom stereocenters. The molecule has 2 aromatic carbocycles. The average Bonchev–Trinajstić information content (AvgIpc) is 3.76. The lowest BCUT2D eigenvalue weighted by atomic mass is 10.1. The molecule has 0 fully saturated rings. The van der Waals surface area contributed by atoms with Crippen molar-refractivity contribution in [3.05, 3.63) is 77.2 Å². The van der Waals surface area contributed by atoms with E-state index in [0.29, 0.717) is 28.1 Å². The quantitative estimate of drug-likeness (QED) is 0.131. The second kappa shape index (κ2) is 12.9. The van der Waals surface area contributed by atoms with Crippen LogP contribution in [0.1, 0.15) is 16.1 Å². The number of benzene rings is 2. The van der Waals surface area contributed by atoms with Crippen molar-refractivity contribution in [2.45, 2.75) is 12.5 Å². The number of imidazole rings is 1. The molecular weight excluding hydrogens is 602 g/mol. The molecule has 3 amide bonds. The zero-order valence-electron chi connectivity index (χ0n) is 22.4. The van der Waals surface area contributed by atoms with Crippen molar-refractivity contribution in [2.75, 3.05) is 30.1 Å². The molecule has 0 aliphatic rings. The molecule has 0 aliphatic carbocycles. The molecule has 1 atom stereocenters. The molecular formula is C27H24F2N8O4S2. The number of H-pyrrole nitrogens is 1. The predicted octanol–water partition coefficient (Wildman–Crippen LogP) is 4.50. The van der Waals surface area contributed by atoms with Crippen LogP contribution in [0, 0.1) is 11.6 Å². The maximum Gasteiger partial charge on any atom is 0.321 e. The van der Waals surface area contributed by atoms with E-state index in [2.05, 4.69) is 35.9 Å². The van der Waals surface area contributed by atoms with Crippen molar-refractivity contribution in [1.82, 2.24) is 25.3 Å². The van der Waals surface area contributed by atoms with Crippen molar-refractivity contribution in [3.8, 4) is 26.9 Å². The molecule has 5 rings (SSSR count). The number of methoxy groups -OCH3 is 1. The van der Waals surface area contributed by atoms with Crippen LogP contribution in [0.2, 0.25) is 0 Å². The molecule has 3 aromatic heterocycles. The van der Waals surface area contributed by atoms with Crippen LogP contribution < -0.4 is 26.4 Å². The molecule has 12 nitrogen and oxygen atoms in total. The molecule has 0 aliphatic heterocycles. The van der Waals surface area contributed by atoms with E-state index in [4.69, 9.17) is 10.5 Å². The summed E-state index contributed by atoms with van der Waals surface area (Å²) in [4.78, 5) is 41.1. The van der Waals surface area contributed by atoms with Gasteiger partial charge in [0.05, 0.1) is 37.5 Å². The number of aliphatic hydroxyl groups excluding tert-OH is 1. The molecule has 7 N–H and O–H groups in total. The Balaban J connectivity index is 1.30. The number of hydrogen-bond donors (Lipinski definition) is 6. The van der Waals surface area contributed by atoms with Gasteiger partial charge in [-0.1, -0.05) is 17.4 Å². The summed E-state index contributed by atoms with van der Waals surface area (Å²) in [5.74, 6) is -1.91. The normalized spacial score (nSPS) is 11.6. The second-order valence-electron chi connectivity index (χ2n) is 9.03. The molecule has 0 bridgehead atoms. The van der Waals surface area contributed by atoms with E-state index in [1.807, 2.05) is 0 Å². The lowest BCUT2D eigenvalue weighted by Crippen LogP contribution is -2.41. The molecule has 16 heteroatoms. The zero-order chi connectivity index (χ0) is 30.5. The number of carbonyl (C=O) groups is 2. The number of aromatic nitrogens is 4. The average molecular weight is 627 g/mol. The van der Waals surface area contributed by atoms with E-state index in [1.165, 1.54) is 25.6 Å². The predicted molar refractivity (Wildman–Crippen MR) is 159 cm³/mol. The minimum absolute atomic E-state index is 0.0435. The highest BCUT2D eigenvalue weighted by Crippen LogP contribution is 2.39. The van der Waals surface area contributed by atoms with Crippen molar-refractivity contribution >= 4 is 51.2 Å². The van der Waals surface area contributed by atoms with Crippen LogP contribution in [-0.2, 0) is 6.42 Å². The number of halogens is 2. The van der Waals surface area contributed by atoms with E-state index >= 15 is 0 Å². The number of nitrogens with one attached hydrogen (secondary N) is 4. The first-order valence-electron chi connectivity index (χ1n) is 12.6. The summed E-state index contributed by atoms with van der Waals surface area (Å²) in [6.45, 7) is -0.300. The number of anilines is 3. The number of carbonyl (C=O) groups excluding carboxylic acids is 2. The van der Waals surface area contributed by atoms with Crippen molar-refractivity contribution in [1.29, 1.82) is 0 Å². The standard InChI is InChI=1S/C27H24F2N8O4S2/c1-41-16-4-2-3-13(5-16)24(39)34-20-7-17(18(28)8-19(20)29)21-11-42-25(35-21)22-23(30)36-27(43-22)37-26(40)33-15(10-38)6-14-9-31-12-32-14/h2-5,7-9,11-12,15,38H,6,10,30H2,1H3,(H,31,32)(H,34,39)(H2,33,36,37,40).